The summed E-state index contributed by atoms with van der Waals surface area (Å²) in [5, 5.41) is 0. The predicted molar refractivity (Wildman–Crippen MR) is 365 cm³/mol. The molecular formula is C80H126N2Pd. The summed E-state index contributed by atoms with van der Waals surface area (Å²) >= 11 is 0.575. The summed E-state index contributed by atoms with van der Waals surface area (Å²) in [6, 6.07) is 36.1. The van der Waals surface area contributed by atoms with Gasteiger partial charge in [-0.25, -0.2) is 4.70 Å². The summed E-state index contributed by atoms with van der Waals surface area (Å²) in [4.78, 5) is 0. The molecular weight excluding hydrogens is 1100 g/mol. The van der Waals surface area contributed by atoms with Crippen LogP contribution in [0.4, 0.5) is 0 Å². The Hall–Kier alpha value is -3.38. The number of allylic oxidation sites excluding steroid dienone is 2. The number of nitrogens with zero attached hydrogens (tertiary/aromatic N) is 2. The summed E-state index contributed by atoms with van der Waals surface area (Å²) in [5.74, 6) is 0. The molecule has 0 aliphatic carbocycles. The second kappa shape index (κ2) is 48.7. The average molecular weight is 1220 g/mol. The number of rotatable bonds is 50. The van der Waals surface area contributed by atoms with E-state index in [4.69, 9.17) is 0 Å². The van der Waals surface area contributed by atoms with E-state index in [0.29, 0.717) is 18.0 Å². The Kier molecular flexibility index (Phi) is 42.3. The second-order valence-electron chi connectivity index (χ2n) is 25.2. The molecule has 1 aliphatic heterocycles. The normalized spacial score (nSPS) is 12.5. The van der Waals surface area contributed by atoms with Gasteiger partial charge in [-0.05, 0) is 124 Å². The quantitative estimate of drug-likeness (QED) is 0.0239. The van der Waals surface area contributed by atoms with Gasteiger partial charge in [0.2, 0.25) is 11.4 Å². The SMILES string of the molecule is CCCCCCCCCCCCCCCCCCCCCCCCC1=C(c2cc(CCCC)cc(CCCC)c2)[N+](=[N-])C(c2cc(CCCCCCCC)cc(CCCCCCCC)c2)=C1CCCC.c1cc[c]([Pd][c]2ccccc2)cc1. The zero-order valence-electron chi connectivity index (χ0n) is 55.0. The van der Waals surface area contributed by atoms with Crippen LogP contribution in [0.3, 0.4) is 0 Å². The van der Waals surface area contributed by atoms with Crippen molar-refractivity contribution in [3.05, 3.63) is 147 Å². The number of hydrogen-bond donors (Lipinski definition) is 0. The van der Waals surface area contributed by atoms with E-state index in [1.807, 2.05) is 0 Å². The molecule has 1 heterocycles. The van der Waals surface area contributed by atoms with Crippen molar-refractivity contribution in [1.29, 1.82) is 0 Å². The summed E-state index contributed by atoms with van der Waals surface area (Å²) in [5.41, 5.74) is 26.3. The fourth-order valence-electron chi connectivity index (χ4n) is 12.4. The number of aryl methyl sites for hydroxylation is 4. The molecule has 4 aromatic rings. The molecule has 466 valence electrons. The monoisotopic (exact) mass is 1220 g/mol. The van der Waals surface area contributed by atoms with Crippen molar-refractivity contribution < 1.29 is 22.7 Å². The third-order valence-electron chi connectivity index (χ3n) is 17.5. The molecule has 0 saturated carbocycles. The first-order chi connectivity index (χ1) is 41.0. The summed E-state index contributed by atoms with van der Waals surface area (Å²) in [6.45, 7) is 13.9. The van der Waals surface area contributed by atoms with Gasteiger partial charge < -0.3 is 5.53 Å². The molecule has 0 spiro atoms. The maximum atomic E-state index is 12.9. The Morgan fingerprint density at radius 3 is 0.783 bits per heavy atom. The van der Waals surface area contributed by atoms with Crippen LogP contribution in [0.15, 0.2) is 108 Å². The van der Waals surface area contributed by atoms with E-state index in [-0.39, 0.29) is 0 Å². The second-order valence-corrected chi connectivity index (χ2v) is 27.3. The molecule has 5 rings (SSSR count). The van der Waals surface area contributed by atoms with Gasteiger partial charge in [0.25, 0.3) is 0 Å². The molecule has 0 N–H and O–H groups in total. The Morgan fingerprint density at radius 1 is 0.265 bits per heavy atom. The fourth-order valence-corrected chi connectivity index (χ4v) is 14.1. The molecule has 2 nitrogen and oxygen atoms in total. The number of hydrogen-bond acceptors (Lipinski definition) is 0. The number of benzene rings is 4. The van der Waals surface area contributed by atoms with Crippen molar-refractivity contribution >= 4 is 19.5 Å². The van der Waals surface area contributed by atoms with Gasteiger partial charge in [-0.1, -0.05) is 272 Å². The van der Waals surface area contributed by atoms with Crippen LogP contribution in [-0.4, -0.2) is 4.70 Å². The van der Waals surface area contributed by atoms with Crippen LogP contribution in [-0.2, 0) is 43.7 Å². The molecule has 83 heavy (non-hydrogen) atoms. The van der Waals surface area contributed by atoms with Gasteiger partial charge in [0, 0.05) is 22.3 Å². The van der Waals surface area contributed by atoms with Crippen molar-refractivity contribution in [3.8, 4) is 0 Å². The summed E-state index contributed by atoms with van der Waals surface area (Å²) in [7, 11) is 0. The standard InChI is InChI=1S/C68H116N2.2C6H5.Pd/c1-7-13-19-22-25-26-27-28-29-30-31-32-33-34-35-36-37-38-39-40-43-46-52-66-65(51-18-12-6)67(70(69)68(66)63-55-59(47-16-10-4)53-60(56-63)48-17-11-5)64-57-61(49-44-41-23-20-14-8-2)54-62(58-64)50-45-42-24-21-15-9-3;2*1-2-4-6-5-3-1;/h53-58H,7-52H2,1-6H3;2*1-5H;. The van der Waals surface area contributed by atoms with E-state index in [9.17, 15) is 5.53 Å². The molecule has 0 saturated heterocycles. The topological polar surface area (TPSA) is 25.3 Å². The minimum absolute atomic E-state index is 0.575. The maximum absolute atomic E-state index is 12.9. The molecule has 0 unspecified atom stereocenters. The minimum atomic E-state index is 0.575. The zero-order valence-corrected chi connectivity index (χ0v) is 56.5. The third kappa shape index (κ3) is 31.7. The molecule has 0 amide bonds. The summed E-state index contributed by atoms with van der Waals surface area (Å²) < 4.78 is 4.56. The van der Waals surface area contributed by atoms with Crippen molar-refractivity contribution in [2.75, 3.05) is 0 Å². The molecule has 0 aromatic heterocycles. The molecule has 0 atom stereocenters. The first kappa shape index (κ1) is 72.1. The van der Waals surface area contributed by atoms with E-state index in [1.165, 1.54) is 303 Å². The van der Waals surface area contributed by atoms with Crippen molar-refractivity contribution in [2.45, 2.75) is 337 Å². The molecule has 1 aliphatic rings. The van der Waals surface area contributed by atoms with Crippen LogP contribution in [0.5, 0.6) is 0 Å². The van der Waals surface area contributed by atoms with Gasteiger partial charge in [0.1, 0.15) is 0 Å². The van der Waals surface area contributed by atoms with Gasteiger partial charge in [0.15, 0.2) is 0 Å². The Balaban J connectivity index is 0.000000987. The van der Waals surface area contributed by atoms with E-state index in [1.54, 1.807) is 4.70 Å². The third-order valence-corrected chi connectivity index (χ3v) is 19.4. The van der Waals surface area contributed by atoms with Crippen molar-refractivity contribution in [3.63, 3.8) is 0 Å². The van der Waals surface area contributed by atoms with Gasteiger partial charge in [-0.15, -0.1) is 0 Å². The van der Waals surface area contributed by atoms with Gasteiger partial charge in [0.05, 0.1) is 0 Å². The van der Waals surface area contributed by atoms with Crippen LogP contribution in [0.25, 0.3) is 16.9 Å². The van der Waals surface area contributed by atoms with Gasteiger partial charge in [-0.2, -0.15) is 0 Å². The van der Waals surface area contributed by atoms with Crippen LogP contribution < -0.4 is 8.07 Å². The molecule has 0 fully saturated rings. The fraction of sp³-hybridized carbons (Fsp3) is 0.650. The molecule has 0 radical (unpaired) electrons. The van der Waals surface area contributed by atoms with Gasteiger partial charge >= 0.3 is 86.7 Å². The van der Waals surface area contributed by atoms with E-state index in [0.717, 1.165) is 56.3 Å². The van der Waals surface area contributed by atoms with E-state index < -0.39 is 0 Å². The predicted octanol–water partition coefficient (Wildman–Crippen LogP) is 25.3. The van der Waals surface area contributed by atoms with Gasteiger partial charge in [-0.3, -0.25) is 0 Å². The van der Waals surface area contributed by atoms with Crippen molar-refractivity contribution in [2.24, 2.45) is 0 Å². The van der Waals surface area contributed by atoms with Crippen LogP contribution in [0, 0.1) is 0 Å². The van der Waals surface area contributed by atoms with Crippen LogP contribution >= 0.6 is 0 Å². The Morgan fingerprint density at radius 2 is 0.494 bits per heavy atom. The van der Waals surface area contributed by atoms with Crippen LogP contribution in [0.2, 0.25) is 0 Å². The zero-order chi connectivity index (χ0) is 59.1. The average Bonchev–Trinajstić information content (AvgIpc) is 2.60. The van der Waals surface area contributed by atoms with Crippen molar-refractivity contribution in [1.82, 2.24) is 0 Å². The molecule has 4 aromatic carbocycles. The number of unbranched alkanes of at least 4 members (excludes halogenated alkanes) is 34. The first-order valence-electron chi connectivity index (χ1n) is 35.9. The Labute approximate surface area is 522 Å². The molecule has 3 heteroatoms. The first-order valence-corrected chi connectivity index (χ1v) is 37.4. The molecule has 0 bridgehead atoms. The van der Waals surface area contributed by atoms with E-state index >= 15 is 0 Å². The Bertz CT molecular complexity index is 2190. The van der Waals surface area contributed by atoms with Crippen LogP contribution in [0.1, 0.15) is 345 Å². The van der Waals surface area contributed by atoms with E-state index in [2.05, 4.69) is 139 Å². The summed E-state index contributed by atoms with van der Waals surface area (Å²) in [6.07, 6.45) is 60.8.